The molecule has 1 aliphatic heterocycles. The first kappa shape index (κ1) is 16.0. The molecule has 0 saturated carbocycles. The molecule has 1 unspecified atom stereocenters. The zero-order valence-corrected chi connectivity index (χ0v) is 13.8. The minimum absolute atomic E-state index is 0.0815. The third-order valence-corrected chi connectivity index (χ3v) is 4.96. The first-order valence-corrected chi connectivity index (χ1v) is 8.77. The summed E-state index contributed by atoms with van der Waals surface area (Å²) >= 11 is 1.81. The molecule has 3 heterocycles. The van der Waals surface area contributed by atoms with Crippen LogP contribution >= 0.6 is 11.3 Å². The van der Waals surface area contributed by atoms with Crippen molar-refractivity contribution in [3.05, 3.63) is 46.3 Å². The number of anilines is 1. The molecule has 0 amide bonds. The molecule has 122 valence electrons. The molecule has 1 saturated heterocycles. The lowest BCUT2D eigenvalue weighted by atomic mass is 9.98. The van der Waals surface area contributed by atoms with Crippen molar-refractivity contribution in [3.63, 3.8) is 0 Å². The van der Waals surface area contributed by atoms with E-state index in [1.54, 1.807) is 6.07 Å². The Bertz CT molecular complexity index is 645. The van der Waals surface area contributed by atoms with Crippen LogP contribution in [0.5, 0.6) is 0 Å². The van der Waals surface area contributed by atoms with Gasteiger partial charge in [0.2, 0.25) is 0 Å². The molecule has 2 N–H and O–H groups in total. The third-order valence-electron chi connectivity index (χ3n) is 4.10. The zero-order chi connectivity index (χ0) is 16.1. The van der Waals surface area contributed by atoms with Gasteiger partial charge in [-0.25, -0.2) is 9.78 Å². The third kappa shape index (κ3) is 4.53. The summed E-state index contributed by atoms with van der Waals surface area (Å²) in [7, 11) is 0. The Morgan fingerprint density at radius 3 is 3.09 bits per heavy atom. The smallest absolute Gasteiger partial charge is 0.354 e. The van der Waals surface area contributed by atoms with Crippen molar-refractivity contribution in [2.45, 2.75) is 19.4 Å². The number of carboxylic acid groups (broad SMARTS) is 1. The van der Waals surface area contributed by atoms with Gasteiger partial charge in [0.15, 0.2) is 5.69 Å². The predicted molar refractivity (Wildman–Crippen MR) is 92.0 cm³/mol. The fourth-order valence-electron chi connectivity index (χ4n) is 2.99. The normalized spacial score (nSPS) is 18.7. The molecule has 0 spiro atoms. The summed E-state index contributed by atoms with van der Waals surface area (Å²) in [5.74, 6) is 0.215. The molecule has 23 heavy (non-hydrogen) atoms. The summed E-state index contributed by atoms with van der Waals surface area (Å²) in [5, 5.41) is 14.4. The van der Waals surface area contributed by atoms with Crippen LogP contribution in [0.4, 0.5) is 5.82 Å². The van der Waals surface area contributed by atoms with Crippen molar-refractivity contribution >= 4 is 23.1 Å². The monoisotopic (exact) mass is 331 g/mol. The number of likely N-dealkylation sites (tertiary alicyclic amines) is 1. The van der Waals surface area contributed by atoms with Crippen LogP contribution in [-0.4, -0.2) is 40.6 Å². The average Bonchev–Trinajstić information content (AvgIpc) is 3.06. The van der Waals surface area contributed by atoms with Crippen molar-refractivity contribution in [2.24, 2.45) is 5.92 Å². The average molecular weight is 331 g/mol. The van der Waals surface area contributed by atoms with Crippen LogP contribution in [0.2, 0.25) is 0 Å². The lowest BCUT2D eigenvalue weighted by Gasteiger charge is -2.32. The van der Waals surface area contributed by atoms with Crippen LogP contribution in [0, 0.1) is 5.92 Å². The van der Waals surface area contributed by atoms with Crippen LogP contribution in [0.3, 0.4) is 0 Å². The van der Waals surface area contributed by atoms with Gasteiger partial charge in [-0.3, -0.25) is 4.90 Å². The molecule has 1 fully saturated rings. The van der Waals surface area contributed by atoms with Crippen molar-refractivity contribution in [2.75, 3.05) is 25.0 Å². The molecular weight excluding hydrogens is 310 g/mol. The van der Waals surface area contributed by atoms with Gasteiger partial charge >= 0.3 is 5.97 Å². The molecular formula is C17H21N3O2S. The maximum absolute atomic E-state index is 11.0. The molecule has 0 aliphatic carbocycles. The molecule has 0 radical (unpaired) electrons. The van der Waals surface area contributed by atoms with E-state index >= 15 is 0 Å². The van der Waals surface area contributed by atoms with Crippen LogP contribution < -0.4 is 5.32 Å². The first-order valence-electron chi connectivity index (χ1n) is 7.89. The Morgan fingerprint density at radius 2 is 2.30 bits per heavy atom. The van der Waals surface area contributed by atoms with E-state index in [1.807, 2.05) is 17.4 Å². The number of nitrogens with one attached hydrogen (secondary N) is 1. The van der Waals surface area contributed by atoms with E-state index in [4.69, 9.17) is 5.11 Å². The molecule has 5 nitrogen and oxygen atoms in total. The van der Waals surface area contributed by atoms with Gasteiger partial charge in [-0.05, 0) is 48.9 Å². The van der Waals surface area contributed by atoms with Crippen LogP contribution in [0.15, 0.2) is 35.7 Å². The Balaban J connectivity index is 1.51. The predicted octanol–water partition coefficient (Wildman–Crippen LogP) is 3.17. The number of hydrogen-bond acceptors (Lipinski definition) is 5. The molecule has 1 aliphatic rings. The van der Waals surface area contributed by atoms with Gasteiger partial charge < -0.3 is 10.4 Å². The number of thiophene rings is 1. The number of hydrogen-bond donors (Lipinski definition) is 2. The van der Waals surface area contributed by atoms with Crippen molar-refractivity contribution in [1.29, 1.82) is 0 Å². The zero-order valence-electron chi connectivity index (χ0n) is 12.9. The standard InChI is InChI=1S/C17H21N3O2S/c21-17(22)15-6-1-7-16(19-15)18-10-13-4-2-8-20(11-13)12-14-5-3-9-23-14/h1,3,5-7,9,13H,2,4,8,10-12H2,(H,18,19)(H,21,22). The van der Waals surface area contributed by atoms with Gasteiger partial charge in [0, 0.05) is 24.5 Å². The maximum atomic E-state index is 11.0. The molecule has 6 heteroatoms. The van der Waals surface area contributed by atoms with E-state index in [0.717, 1.165) is 26.2 Å². The van der Waals surface area contributed by atoms with E-state index in [1.165, 1.54) is 23.8 Å². The number of nitrogens with zero attached hydrogens (tertiary/aromatic N) is 2. The maximum Gasteiger partial charge on any atom is 0.354 e. The fourth-order valence-corrected chi connectivity index (χ4v) is 3.73. The number of rotatable bonds is 6. The fraction of sp³-hybridized carbons (Fsp3) is 0.412. The Labute approximate surface area is 140 Å². The lowest BCUT2D eigenvalue weighted by Crippen LogP contribution is -2.37. The highest BCUT2D eigenvalue weighted by Crippen LogP contribution is 2.20. The van der Waals surface area contributed by atoms with Gasteiger partial charge in [0.25, 0.3) is 0 Å². The van der Waals surface area contributed by atoms with E-state index in [2.05, 4.69) is 32.7 Å². The summed E-state index contributed by atoms with van der Waals surface area (Å²) in [4.78, 5) is 19.0. The number of carbonyl (C=O) groups is 1. The molecule has 3 rings (SSSR count). The van der Waals surface area contributed by atoms with Crippen molar-refractivity contribution in [3.8, 4) is 0 Å². The number of piperidine rings is 1. The van der Waals surface area contributed by atoms with Gasteiger partial charge in [-0.2, -0.15) is 0 Å². The lowest BCUT2D eigenvalue weighted by molar-refractivity contribution is 0.0690. The Morgan fingerprint density at radius 1 is 1.39 bits per heavy atom. The van der Waals surface area contributed by atoms with Gasteiger partial charge in [0.1, 0.15) is 5.82 Å². The summed E-state index contributed by atoms with van der Waals surface area (Å²) in [5.41, 5.74) is 0.0815. The Kier molecular flexibility index (Phi) is 5.25. The van der Waals surface area contributed by atoms with E-state index in [9.17, 15) is 4.79 Å². The van der Waals surface area contributed by atoms with E-state index in [0.29, 0.717) is 11.7 Å². The summed E-state index contributed by atoms with van der Waals surface area (Å²) in [6.45, 7) is 4.09. The first-order chi connectivity index (χ1) is 11.2. The minimum atomic E-state index is -0.992. The number of aromatic carboxylic acids is 1. The molecule has 2 aromatic heterocycles. The number of carboxylic acids is 1. The number of aromatic nitrogens is 1. The number of pyridine rings is 1. The molecule has 2 aromatic rings. The van der Waals surface area contributed by atoms with Crippen molar-refractivity contribution in [1.82, 2.24) is 9.88 Å². The second kappa shape index (κ2) is 7.57. The molecule has 0 bridgehead atoms. The second-order valence-corrected chi connectivity index (χ2v) is 6.95. The summed E-state index contributed by atoms with van der Waals surface area (Å²) < 4.78 is 0. The van der Waals surface area contributed by atoms with Gasteiger partial charge in [-0.15, -0.1) is 11.3 Å². The molecule has 1 atom stereocenters. The van der Waals surface area contributed by atoms with Gasteiger partial charge in [0.05, 0.1) is 0 Å². The van der Waals surface area contributed by atoms with Crippen LogP contribution in [-0.2, 0) is 6.54 Å². The van der Waals surface area contributed by atoms with E-state index < -0.39 is 5.97 Å². The highest BCUT2D eigenvalue weighted by molar-refractivity contribution is 7.09. The quantitative estimate of drug-likeness (QED) is 0.851. The van der Waals surface area contributed by atoms with Crippen LogP contribution in [0.25, 0.3) is 0 Å². The van der Waals surface area contributed by atoms with Crippen molar-refractivity contribution < 1.29 is 9.90 Å². The van der Waals surface area contributed by atoms with Gasteiger partial charge in [-0.1, -0.05) is 12.1 Å². The highest BCUT2D eigenvalue weighted by atomic mass is 32.1. The highest BCUT2D eigenvalue weighted by Gasteiger charge is 2.20. The molecule has 0 aromatic carbocycles. The van der Waals surface area contributed by atoms with E-state index in [-0.39, 0.29) is 5.69 Å². The second-order valence-electron chi connectivity index (χ2n) is 5.92. The topological polar surface area (TPSA) is 65.5 Å². The minimum Gasteiger partial charge on any atom is -0.477 e. The summed E-state index contributed by atoms with van der Waals surface area (Å²) in [6, 6.07) is 9.34. The largest absolute Gasteiger partial charge is 0.477 e. The SMILES string of the molecule is O=C(O)c1cccc(NCC2CCCN(Cc3cccs3)C2)n1. The summed E-state index contributed by atoms with van der Waals surface area (Å²) in [6.07, 6.45) is 2.41. The Hall–Kier alpha value is -1.92. The van der Waals surface area contributed by atoms with Crippen LogP contribution in [0.1, 0.15) is 28.2 Å².